The second-order valence-corrected chi connectivity index (χ2v) is 4.11. The van der Waals surface area contributed by atoms with E-state index in [4.69, 9.17) is 4.74 Å². The second kappa shape index (κ2) is 3.67. The first kappa shape index (κ1) is 11.7. The van der Waals surface area contributed by atoms with Crippen LogP contribution in [0.25, 0.3) is 0 Å². The highest BCUT2D eigenvalue weighted by Gasteiger charge is 2.74. The molecule has 0 N–H and O–H groups in total. The average molecular weight is 216 g/mol. The number of rotatable bonds is 3. The molecule has 0 aliphatic carbocycles. The molecule has 0 radical (unpaired) electrons. The highest BCUT2D eigenvalue weighted by Crippen LogP contribution is 2.45. The minimum absolute atomic E-state index is 0.0461. The van der Waals surface area contributed by atoms with Gasteiger partial charge in [-0.2, -0.15) is 0 Å². The largest absolute Gasteiger partial charge is 0.450 e. The van der Waals surface area contributed by atoms with Crippen molar-refractivity contribution in [3.8, 4) is 0 Å². The normalized spacial score (nSPS) is 29.1. The first-order valence-electron chi connectivity index (χ1n) is 4.97. The van der Waals surface area contributed by atoms with Gasteiger partial charge in [0.15, 0.2) is 0 Å². The van der Waals surface area contributed by atoms with Gasteiger partial charge in [0.25, 0.3) is 0 Å². The van der Waals surface area contributed by atoms with Crippen LogP contribution in [-0.2, 0) is 4.74 Å². The Hall–Kier alpha value is -1.33. The SMILES string of the molecule is CCOC(=O)N1[C@@H](C(C)C)[C@@]1(C)[N+](=O)[O-]. The van der Waals surface area contributed by atoms with Gasteiger partial charge in [0.2, 0.25) is 0 Å². The zero-order chi connectivity index (χ0) is 11.8. The van der Waals surface area contributed by atoms with Gasteiger partial charge in [-0.05, 0) is 12.8 Å². The molecule has 1 aliphatic heterocycles. The van der Waals surface area contributed by atoms with E-state index in [2.05, 4.69) is 0 Å². The molecule has 0 bridgehead atoms. The summed E-state index contributed by atoms with van der Waals surface area (Å²) in [5.74, 6) is 0.0461. The first-order chi connectivity index (χ1) is 6.87. The number of amides is 1. The summed E-state index contributed by atoms with van der Waals surface area (Å²) in [6.45, 7) is 7.06. The summed E-state index contributed by atoms with van der Waals surface area (Å²) in [7, 11) is 0. The van der Waals surface area contributed by atoms with E-state index in [1.807, 2.05) is 13.8 Å². The van der Waals surface area contributed by atoms with Crippen LogP contribution in [0.1, 0.15) is 27.7 Å². The Kier molecular flexibility index (Phi) is 2.88. The lowest BCUT2D eigenvalue weighted by molar-refractivity contribution is -0.545. The summed E-state index contributed by atoms with van der Waals surface area (Å²) in [4.78, 5) is 23.1. The summed E-state index contributed by atoms with van der Waals surface area (Å²) in [6, 6.07) is -0.369. The Morgan fingerprint density at radius 1 is 1.67 bits per heavy atom. The molecule has 6 nitrogen and oxygen atoms in total. The summed E-state index contributed by atoms with van der Waals surface area (Å²) < 4.78 is 4.77. The molecule has 1 aliphatic rings. The summed E-state index contributed by atoms with van der Waals surface area (Å²) in [5.41, 5.74) is -1.29. The molecule has 0 aromatic carbocycles. The van der Waals surface area contributed by atoms with E-state index in [9.17, 15) is 14.9 Å². The molecule has 0 saturated carbocycles. The van der Waals surface area contributed by atoms with Crippen molar-refractivity contribution in [1.29, 1.82) is 0 Å². The first-order valence-corrected chi connectivity index (χ1v) is 4.97. The summed E-state index contributed by atoms with van der Waals surface area (Å²) >= 11 is 0. The molecular formula is C9H16N2O4. The second-order valence-electron chi connectivity index (χ2n) is 4.11. The Morgan fingerprint density at radius 3 is 2.47 bits per heavy atom. The van der Waals surface area contributed by atoms with Crippen molar-refractivity contribution in [3.05, 3.63) is 10.1 Å². The Bertz CT molecular complexity index is 292. The zero-order valence-corrected chi connectivity index (χ0v) is 9.39. The topological polar surface area (TPSA) is 72.5 Å². The monoisotopic (exact) mass is 216 g/mol. The van der Waals surface area contributed by atoms with Gasteiger partial charge < -0.3 is 4.74 Å². The number of hydrogen-bond donors (Lipinski definition) is 0. The maximum atomic E-state index is 11.4. The van der Waals surface area contributed by atoms with E-state index in [0.717, 1.165) is 0 Å². The van der Waals surface area contributed by atoms with Crippen molar-refractivity contribution in [1.82, 2.24) is 4.90 Å². The third-order valence-electron chi connectivity index (χ3n) is 2.72. The predicted molar refractivity (Wildman–Crippen MR) is 52.9 cm³/mol. The van der Waals surface area contributed by atoms with Crippen LogP contribution in [0.4, 0.5) is 4.79 Å². The van der Waals surface area contributed by atoms with Crippen molar-refractivity contribution in [2.24, 2.45) is 5.92 Å². The quantitative estimate of drug-likeness (QED) is 0.407. The Labute approximate surface area is 88.3 Å². The molecule has 2 atom stereocenters. The summed E-state index contributed by atoms with van der Waals surface area (Å²) in [6.07, 6.45) is -0.601. The number of carbonyl (C=O) groups excluding carboxylic acids is 1. The van der Waals surface area contributed by atoms with E-state index in [1.54, 1.807) is 6.92 Å². The third-order valence-corrected chi connectivity index (χ3v) is 2.72. The smallest absolute Gasteiger partial charge is 0.415 e. The van der Waals surface area contributed by atoms with Gasteiger partial charge in [0, 0.05) is 6.92 Å². The van der Waals surface area contributed by atoms with Gasteiger partial charge in [-0.15, -0.1) is 0 Å². The van der Waals surface area contributed by atoms with Crippen LogP contribution in [0, 0.1) is 16.0 Å². The van der Waals surface area contributed by atoms with Crippen LogP contribution in [0.3, 0.4) is 0 Å². The summed E-state index contributed by atoms with van der Waals surface area (Å²) in [5, 5.41) is 10.9. The fourth-order valence-electron chi connectivity index (χ4n) is 2.02. The van der Waals surface area contributed by atoms with Crippen molar-refractivity contribution in [2.45, 2.75) is 39.4 Å². The number of carbonyl (C=O) groups is 1. The molecule has 1 rings (SSSR count). The third kappa shape index (κ3) is 1.64. The van der Waals surface area contributed by atoms with Gasteiger partial charge in [0.05, 0.1) is 11.5 Å². The predicted octanol–water partition coefficient (Wildman–Crippen LogP) is 1.48. The lowest BCUT2D eigenvalue weighted by Crippen LogP contribution is -2.29. The van der Waals surface area contributed by atoms with Gasteiger partial charge in [-0.1, -0.05) is 13.8 Å². The van der Waals surface area contributed by atoms with Crippen LogP contribution >= 0.6 is 0 Å². The molecule has 0 unspecified atom stereocenters. The maximum Gasteiger partial charge on any atom is 0.415 e. The maximum absolute atomic E-state index is 11.4. The molecule has 1 amide bonds. The minimum atomic E-state index is -1.29. The minimum Gasteiger partial charge on any atom is -0.450 e. The average Bonchev–Trinajstić information content (AvgIpc) is 2.74. The van der Waals surface area contributed by atoms with E-state index < -0.39 is 16.7 Å². The molecule has 1 fully saturated rings. The lowest BCUT2D eigenvalue weighted by Gasteiger charge is -2.04. The van der Waals surface area contributed by atoms with Crippen molar-refractivity contribution in [2.75, 3.05) is 6.61 Å². The number of ether oxygens (including phenoxy) is 1. The fourth-order valence-corrected chi connectivity index (χ4v) is 2.02. The fraction of sp³-hybridized carbons (Fsp3) is 0.889. The molecule has 1 heterocycles. The van der Waals surface area contributed by atoms with Crippen molar-refractivity contribution < 1.29 is 14.5 Å². The highest BCUT2D eigenvalue weighted by molar-refractivity contribution is 5.72. The van der Waals surface area contributed by atoms with Gasteiger partial charge >= 0.3 is 11.8 Å². The van der Waals surface area contributed by atoms with Crippen LogP contribution in [0.5, 0.6) is 0 Å². The van der Waals surface area contributed by atoms with Gasteiger partial charge in [-0.25, -0.2) is 9.69 Å². The molecule has 6 heteroatoms. The van der Waals surface area contributed by atoms with Crippen molar-refractivity contribution >= 4 is 6.09 Å². The van der Waals surface area contributed by atoms with E-state index in [-0.39, 0.29) is 18.6 Å². The molecule has 1 saturated heterocycles. The number of nitro groups is 1. The van der Waals surface area contributed by atoms with E-state index in [0.29, 0.717) is 0 Å². The van der Waals surface area contributed by atoms with Gasteiger partial charge in [-0.3, -0.25) is 10.1 Å². The lowest BCUT2D eigenvalue weighted by atomic mass is 10.1. The highest BCUT2D eigenvalue weighted by atomic mass is 16.6. The van der Waals surface area contributed by atoms with Crippen LogP contribution in [0.2, 0.25) is 0 Å². The van der Waals surface area contributed by atoms with Crippen LogP contribution < -0.4 is 0 Å². The molecular weight excluding hydrogens is 200 g/mol. The molecule has 15 heavy (non-hydrogen) atoms. The molecule has 0 aromatic rings. The van der Waals surface area contributed by atoms with Crippen molar-refractivity contribution in [3.63, 3.8) is 0 Å². The molecule has 0 spiro atoms. The van der Waals surface area contributed by atoms with Gasteiger partial charge in [0.1, 0.15) is 6.04 Å². The molecule has 86 valence electrons. The van der Waals surface area contributed by atoms with Crippen LogP contribution in [-0.4, -0.2) is 34.2 Å². The van der Waals surface area contributed by atoms with E-state index >= 15 is 0 Å². The van der Waals surface area contributed by atoms with Crippen LogP contribution in [0.15, 0.2) is 0 Å². The Morgan fingerprint density at radius 2 is 2.20 bits per heavy atom. The standard InChI is InChI=1S/C9H16N2O4/c1-5-15-8(12)10-7(6(2)3)9(10,4)11(13)14/h6-7H,5H2,1-4H3/t7-,9+,10?/m0/s1. The number of hydrogen-bond acceptors (Lipinski definition) is 4. The Balaban J connectivity index is 2.82. The number of nitrogens with zero attached hydrogens (tertiary/aromatic N) is 2. The van der Waals surface area contributed by atoms with E-state index in [1.165, 1.54) is 11.8 Å². The zero-order valence-electron chi connectivity index (χ0n) is 9.39. The molecule has 0 aromatic heterocycles.